The molecule has 2 atom stereocenters. The topological polar surface area (TPSA) is 113 Å². The predicted octanol–water partition coefficient (Wildman–Crippen LogP) is 6.03. The SMILES string of the molecule is C=CC(=O)N[C@H]1CC[C@@H](NC(=O)c2sc3nccc4c3c2NC(=O)N4c2ccc(Oc3ccccc3)cc2C)C1. The maximum absolute atomic E-state index is 13.5. The van der Waals surface area contributed by atoms with Gasteiger partial charge in [0, 0.05) is 18.3 Å². The maximum Gasteiger partial charge on any atom is 0.331 e. The molecular weight excluding hydrogens is 526 g/mol. The van der Waals surface area contributed by atoms with Crippen LogP contribution in [-0.4, -0.2) is 34.9 Å². The molecule has 10 heteroatoms. The van der Waals surface area contributed by atoms with Gasteiger partial charge < -0.3 is 20.7 Å². The van der Waals surface area contributed by atoms with Gasteiger partial charge in [-0.15, -0.1) is 11.3 Å². The molecule has 1 aliphatic heterocycles. The molecule has 3 heterocycles. The van der Waals surface area contributed by atoms with E-state index < -0.39 is 0 Å². The summed E-state index contributed by atoms with van der Waals surface area (Å²) in [6.45, 7) is 5.41. The van der Waals surface area contributed by atoms with Gasteiger partial charge in [0.25, 0.3) is 5.91 Å². The molecule has 4 aromatic rings. The highest BCUT2D eigenvalue weighted by molar-refractivity contribution is 7.21. The number of anilines is 3. The lowest BCUT2D eigenvalue weighted by Crippen LogP contribution is -2.37. The molecule has 2 aromatic heterocycles. The molecule has 2 aromatic carbocycles. The molecular formula is C30H27N5O4S. The summed E-state index contributed by atoms with van der Waals surface area (Å²) in [7, 11) is 0. The van der Waals surface area contributed by atoms with Crippen LogP contribution in [0.2, 0.25) is 0 Å². The predicted molar refractivity (Wildman–Crippen MR) is 156 cm³/mol. The summed E-state index contributed by atoms with van der Waals surface area (Å²) < 4.78 is 5.96. The second-order valence-corrected chi connectivity index (χ2v) is 10.8. The van der Waals surface area contributed by atoms with Crippen molar-refractivity contribution < 1.29 is 19.1 Å². The number of rotatable bonds is 7. The van der Waals surface area contributed by atoms with Crippen molar-refractivity contribution in [2.75, 3.05) is 10.2 Å². The average Bonchev–Trinajstić information content (AvgIpc) is 3.55. The number of amides is 4. The first-order valence-corrected chi connectivity index (χ1v) is 13.8. The Balaban J connectivity index is 1.27. The molecule has 1 saturated carbocycles. The van der Waals surface area contributed by atoms with E-state index in [0.29, 0.717) is 38.9 Å². The van der Waals surface area contributed by atoms with E-state index >= 15 is 0 Å². The van der Waals surface area contributed by atoms with Gasteiger partial charge in [0.15, 0.2) is 0 Å². The van der Waals surface area contributed by atoms with Crippen molar-refractivity contribution in [2.45, 2.75) is 38.3 Å². The van der Waals surface area contributed by atoms with Gasteiger partial charge in [-0.1, -0.05) is 24.8 Å². The number of hydrogen-bond donors (Lipinski definition) is 3. The number of carbonyl (C=O) groups excluding carboxylic acids is 3. The largest absolute Gasteiger partial charge is 0.457 e. The fraction of sp³-hybridized carbons (Fsp3) is 0.200. The third-order valence-electron chi connectivity index (χ3n) is 7.14. The van der Waals surface area contributed by atoms with Crippen LogP contribution in [0.1, 0.15) is 34.5 Å². The molecule has 4 amide bonds. The van der Waals surface area contributed by atoms with Gasteiger partial charge >= 0.3 is 6.03 Å². The summed E-state index contributed by atoms with van der Waals surface area (Å²) in [5.74, 6) is 0.907. The van der Waals surface area contributed by atoms with Crippen LogP contribution >= 0.6 is 11.3 Å². The van der Waals surface area contributed by atoms with Gasteiger partial charge in [-0.3, -0.25) is 14.5 Å². The van der Waals surface area contributed by atoms with Crippen molar-refractivity contribution in [1.82, 2.24) is 15.6 Å². The summed E-state index contributed by atoms with van der Waals surface area (Å²) >= 11 is 1.25. The van der Waals surface area contributed by atoms with E-state index in [0.717, 1.165) is 29.5 Å². The molecule has 1 fully saturated rings. The second-order valence-electron chi connectivity index (χ2n) is 9.84. The van der Waals surface area contributed by atoms with E-state index in [1.807, 2.05) is 55.5 Å². The van der Waals surface area contributed by atoms with E-state index in [-0.39, 0.29) is 29.9 Å². The molecule has 3 N–H and O–H groups in total. The first-order valence-electron chi connectivity index (χ1n) is 13.0. The van der Waals surface area contributed by atoms with Crippen molar-refractivity contribution in [3.63, 3.8) is 0 Å². The molecule has 0 unspecified atom stereocenters. The van der Waals surface area contributed by atoms with E-state index in [1.165, 1.54) is 17.4 Å². The summed E-state index contributed by atoms with van der Waals surface area (Å²) in [4.78, 5) is 45.7. The van der Waals surface area contributed by atoms with Crippen molar-refractivity contribution >= 4 is 56.5 Å². The van der Waals surface area contributed by atoms with E-state index in [1.54, 1.807) is 17.2 Å². The van der Waals surface area contributed by atoms with Gasteiger partial charge in [-0.2, -0.15) is 0 Å². The minimum atomic E-state index is -0.361. The Morgan fingerprint density at radius 3 is 2.60 bits per heavy atom. The van der Waals surface area contributed by atoms with Gasteiger partial charge in [0.1, 0.15) is 21.2 Å². The summed E-state index contributed by atoms with van der Waals surface area (Å²) in [5, 5.41) is 9.64. The highest BCUT2D eigenvalue weighted by atomic mass is 32.1. The first-order chi connectivity index (χ1) is 19.4. The lowest BCUT2D eigenvalue weighted by atomic mass is 10.1. The molecule has 6 rings (SSSR count). The number of ether oxygens (including phenoxy) is 1. The zero-order valence-electron chi connectivity index (χ0n) is 21.8. The fourth-order valence-electron chi connectivity index (χ4n) is 5.31. The first kappa shape index (κ1) is 25.6. The molecule has 40 heavy (non-hydrogen) atoms. The Kier molecular flexibility index (Phi) is 6.69. The molecule has 0 saturated heterocycles. The molecule has 2 aliphatic rings. The molecule has 0 bridgehead atoms. The number of aryl methyl sites for hydroxylation is 1. The number of aromatic nitrogens is 1. The van der Waals surface area contributed by atoms with E-state index in [9.17, 15) is 14.4 Å². The Labute approximate surface area is 234 Å². The molecule has 9 nitrogen and oxygen atoms in total. The Morgan fingerprint density at radius 2 is 1.85 bits per heavy atom. The van der Waals surface area contributed by atoms with Crippen LogP contribution in [0.15, 0.2) is 73.4 Å². The summed E-state index contributed by atoms with van der Waals surface area (Å²) in [6.07, 6.45) is 5.06. The van der Waals surface area contributed by atoms with Gasteiger partial charge in [0.2, 0.25) is 5.91 Å². The van der Waals surface area contributed by atoms with Crippen LogP contribution in [0.4, 0.5) is 21.9 Å². The van der Waals surface area contributed by atoms with Gasteiger partial charge in [-0.05, 0) is 74.2 Å². The minimum absolute atomic E-state index is 0.00851. The Morgan fingerprint density at radius 1 is 1.07 bits per heavy atom. The standard InChI is InChI=1S/C30H27N5O4S/c1-3-24(36)32-18-9-10-19(16-18)33-28(37)27-26-25-23(13-14-31-29(25)40-27)35(30(38)34-26)22-12-11-21(15-17(22)2)39-20-7-5-4-6-8-20/h3-8,11-15,18-19H,1,9-10,16H2,2H3,(H,32,36)(H,33,37)(H,34,38)/t18-,19+/m0/s1. The molecule has 0 spiro atoms. The van der Waals surface area contributed by atoms with Crippen molar-refractivity contribution in [1.29, 1.82) is 0 Å². The Bertz CT molecular complexity index is 1650. The third-order valence-corrected chi connectivity index (χ3v) is 8.24. The molecule has 0 radical (unpaired) electrons. The maximum atomic E-state index is 13.5. The van der Waals surface area contributed by atoms with Crippen LogP contribution in [-0.2, 0) is 4.79 Å². The average molecular weight is 554 g/mol. The lowest BCUT2D eigenvalue weighted by molar-refractivity contribution is -0.117. The van der Waals surface area contributed by atoms with Crippen LogP contribution in [0.3, 0.4) is 0 Å². The summed E-state index contributed by atoms with van der Waals surface area (Å²) in [5.41, 5.74) is 2.68. The molecule has 202 valence electrons. The number of benzene rings is 2. The van der Waals surface area contributed by atoms with Crippen LogP contribution in [0.5, 0.6) is 11.5 Å². The van der Waals surface area contributed by atoms with Crippen molar-refractivity contribution in [2.24, 2.45) is 0 Å². The number of carbonyl (C=O) groups is 3. The summed E-state index contributed by atoms with van der Waals surface area (Å²) in [6, 6.07) is 16.4. The van der Waals surface area contributed by atoms with E-state index in [2.05, 4.69) is 27.5 Å². The van der Waals surface area contributed by atoms with Crippen LogP contribution in [0, 0.1) is 6.92 Å². The monoisotopic (exact) mass is 553 g/mol. The minimum Gasteiger partial charge on any atom is -0.457 e. The zero-order chi connectivity index (χ0) is 27.8. The zero-order valence-corrected chi connectivity index (χ0v) is 22.6. The van der Waals surface area contributed by atoms with Crippen LogP contribution < -0.4 is 25.6 Å². The number of nitrogens with zero attached hydrogens (tertiary/aromatic N) is 2. The second kappa shape index (κ2) is 10.5. The smallest absolute Gasteiger partial charge is 0.331 e. The number of para-hydroxylation sites is 1. The third kappa shape index (κ3) is 4.77. The Hall–Kier alpha value is -4.70. The molecule has 1 aliphatic carbocycles. The van der Waals surface area contributed by atoms with Crippen molar-refractivity contribution in [3.8, 4) is 11.5 Å². The quantitative estimate of drug-likeness (QED) is 0.242. The fourth-order valence-corrected chi connectivity index (χ4v) is 6.33. The highest BCUT2D eigenvalue weighted by Gasteiger charge is 2.34. The number of hydrogen-bond acceptors (Lipinski definition) is 6. The van der Waals surface area contributed by atoms with Crippen molar-refractivity contribution in [3.05, 3.63) is 83.9 Å². The highest BCUT2D eigenvalue weighted by Crippen LogP contribution is 2.46. The normalized spacial score (nSPS) is 17.8. The number of thiophene rings is 1. The van der Waals surface area contributed by atoms with Gasteiger partial charge in [-0.25, -0.2) is 9.78 Å². The van der Waals surface area contributed by atoms with Crippen LogP contribution in [0.25, 0.3) is 10.2 Å². The lowest BCUT2D eigenvalue weighted by Gasteiger charge is -2.29. The van der Waals surface area contributed by atoms with E-state index in [4.69, 9.17) is 4.74 Å². The number of urea groups is 1. The number of nitrogens with one attached hydrogen (secondary N) is 3. The number of pyridine rings is 1. The van der Waals surface area contributed by atoms with Gasteiger partial charge in [0.05, 0.1) is 22.4 Å².